The molecule has 0 radical (unpaired) electrons. The molecule has 0 saturated carbocycles. The van der Waals surface area contributed by atoms with Crippen LogP contribution in [0.15, 0.2) is 42.7 Å². The van der Waals surface area contributed by atoms with Crippen LogP contribution in [-0.2, 0) is 9.59 Å². The van der Waals surface area contributed by atoms with Crippen molar-refractivity contribution in [2.75, 3.05) is 11.9 Å². The molecule has 1 aromatic heterocycles. The maximum Gasteiger partial charge on any atom is 0.253 e. The van der Waals surface area contributed by atoms with E-state index in [1.54, 1.807) is 30.5 Å². The Morgan fingerprint density at radius 2 is 1.93 bits per heavy atom. The zero-order chi connectivity index (χ0) is 19.8. The van der Waals surface area contributed by atoms with Crippen LogP contribution >= 0.6 is 23.2 Å². The van der Waals surface area contributed by atoms with E-state index in [9.17, 15) is 14.4 Å². The zero-order valence-electron chi connectivity index (χ0n) is 14.5. The second-order valence-electron chi connectivity index (χ2n) is 5.63. The Kier molecular flexibility index (Phi) is 7.57. The highest BCUT2D eigenvalue weighted by Crippen LogP contribution is 2.25. The number of halogens is 2. The number of aromatic nitrogens is 1. The molecular weight excluding hydrogens is 391 g/mol. The van der Waals surface area contributed by atoms with Gasteiger partial charge in [-0.05, 0) is 31.2 Å². The molecule has 0 bridgehead atoms. The number of carbonyl (C=O) groups is 3. The minimum atomic E-state index is -0.811. The lowest BCUT2D eigenvalue weighted by Crippen LogP contribution is -2.45. The van der Waals surface area contributed by atoms with Gasteiger partial charge in [-0.25, -0.2) is 0 Å². The van der Waals surface area contributed by atoms with Crippen LogP contribution in [0.2, 0.25) is 10.0 Å². The molecule has 0 aliphatic carbocycles. The van der Waals surface area contributed by atoms with Crippen molar-refractivity contribution in [3.05, 3.63) is 58.3 Å². The molecule has 1 heterocycles. The molecule has 0 aliphatic rings. The lowest BCUT2D eigenvalue weighted by molar-refractivity contribution is -0.122. The maximum atomic E-state index is 12.2. The summed E-state index contributed by atoms with van der Waals surface area (Å²) in [6.45, 7) is 1.66. The van der Waals surface area contributed by atoms with Crippen LogP contribution < -0.4 is 16.0 Å². The Morgan fingerprint density at radius 1 is 1.15 bits per heavy atom. The average molecular weight is 409 g/mol. The number of rotatable bonds is 7. The van der Waals surface area contributed by atoms with E-state index in [2.05, 4.69) is 20.9 Å². The Morgan fingerprint density at radius 3 is 2.63 bits per heavy atom. The van der Waals surface area contributed by atoms with Gasteiger partial charge < -0.3 is 16.0 Å². The number of hydrogen-bond donors (Lipinski definition) is 3. The minimum absolute atomic E-state index is 0.0847. The molecule has 0 aliphatic heterocycles. The third-order valence-electron chi connectivity index (χ3n) is 3.53. The van der Waals surface area contributed by atoms with E-state index < -0.39 is 17.9 Å². The normalized spacial score (nSPS) is 11.4. The fourth-order valence-corrected chi connectivity index (χ4v) is 2.52. The molecule has 27 heavy (non-hydrogen) atoms. The third-order valence-corrected chi connectivity index (χ3v) is 4.35. The smallest absolute Gasteiger partial charge is 0.253 e. The summed E-state index contributed by atoms with van der Waals surface area (Å²) in [4.78, 5) is 40.0. The van der Waals surface area contributed by atoms with Crippen LogP contribution in [0.5, 0.6) is 0 Å². The van der Waals surface area contributed by atoms with Gasteiger partial charge in [-0.15, -0.1) is 0 Å². The van der Waals surface area contributed by atoms with E-state index in [4.69, 9.17) is 23.2 Å². The standard InChI is InChI=1S/C18H18Cl2N4O3/c1-11(23-18(27)13-5-2-6-14(19)16(13)20)17(26)22-9-7-15(25)24-12-4-3-8-21-10-12/h2-6,8,10-11H,7,9H2,1H3,(H,22,26)(H,23,27)(H,24,25). The van der Waals surface area contributed by atoms with Gasteiger partial charge in [0.2, 0.25) is 11.8 Å². The number of nitrogens with one attached hydrogen (secondary N) is 3. The maximum absolute atomic E-state index is 12.2. The van der Waals surface area contributed by atoms with Gasteiger partial charge in [0.05, 0.1) is 27.5 Å². The number of benzene rings is 1. The molecule has 9 heteroatoms. The van der Waals surface area contributed by atoms with Gasteiger partial charge in [0.15, 0.2) is 0 Å². The van der Waals surface area contributed by atoms with Gasteiger partial charge in [0.1, 0.15) is 6.04 Å². The quantitative estimate of drug-likeness (QED) is 0.655. The predicted octanol–water partition coefficient (Wildman–Crippen LogP) is 2.65. The van der Waals surface area contributed by atoms with Crippen molar-refractivity contribution in [1.82, 2.24) is 15.6 Å². The molecule has 1 unspecified atom stereocenters. The van der Waals surface area contributed by atoms with Gasteiger partial charge in [0.25, 0.3) is 5.91 Å². The molecule has 3 amide bonds. The number of nitrogens with zero attached hydrogens (tertiary/aromatic N) is 1. The van der Waals surface area contributed by atoms with E-state index in [-0.39, 0.29) is 34.5 Å². The molecule has 3 N–H and O–H groups in total. The number of amides is 3. The monoisotopic (exact) mass is 408 g/mol. The molecule has 0 saturated heterocycles. The summed E-state index contributed by atoms with van der Waals surface area (Å²) in [5.74, 6) is -1.19. The number of carbonyl (C=O) groups excluding carboxylic acids is 3. The molecule has 7 nitrogen and oxygen atoms in total. The minimum Gasteiger partial charge on any atom is -0.354 e. The summed E-state index contributed by atoms with van der Waals surface area (Å²) < 4.78 is 0. The van der Waals surface area contributed by atoms with E-state index in [1.807, 2.05) is 0 Å². The Hall–Kier alpha value is -2.64. The van der Waals surface area contributed by atoms with Crippen LogP contribution in [0.25, 0.3) is 0 Å². The molecular formula is C18H18Cl2N4O3. The summed E-state index contributed by atoms with van der Waals surface area (Å²) in [5, 5.41) is 8.16. The van der Waals surface area contributed by atoms with Gasteiger partial charge in [-0.2, -0.15) is 0 Å². The van der Waals surface area contributed by atoms with Crippen LogP contribution in [0.3, 0.4) is 0 Å². The summed E-state index contributed by atoms with van der Waals surface area (Å²) in [5.41, 5.74) is 0.757. The molecule has 1 aromatic carbocycles. The van der Waals surface area contributed by atoms with Gasteiger partial charge >= 0.3 is 0 Å². The average Bonchev–Trinajstić information content (AvgIpc) is 2.64. The molecule has 0 spiro atoms. The fraction of sp³-hybridized carbons (Fsp3) is 0.222. The van der Waals surface area contributed by atoms with Crippen molar-refractivity contribution in [2.24, 2.45) is 0 Å². The Labute approximate surface area is 166 Å². The van der Waals surface area contributed by atoms with Crippen molar-refractivity contribution >= 4 is 46.6 Å². The second kappa shape index (κ2) is 9.89. The van der Waals surface area contributed by atoms with Crippen LogP contribution in [-0.4, -0.2) is 35.3 Å². The van der Waals surface area contributed by atoms with E-state index >= 15 is 0 Å². The van der Waals surface area contributed by atoms with Crippen molar-refractivity contribution in [1.29, 1.82) is 0 Å². The molecule has 2 rings (SSSR count). The van der Waals surface area contributed by atoms with Crippen molar-refractivity contribution in [3.63, 3.8) is 0 Å². The first-order chi connectivity index (χ1) is 12.9. The lowest BCUT2D eigenvalue weighted by atomic mass is 10.2. The molecule has 142 valence electrons. The second-order valence-corrected chi connectivity index (χ2v) is 6.41. The lowest BCUT2D eigenvalue weighted by Gasteiger charge is -2.15. The topological polar surface area (TPSA) is 100 Å². The molecule has 0 fully saturated rings. The van der Waals surface area contributed by atoms with Crippen LogP contribution in [0.4, 0.5) is 5.69 Å². The summed E-state index contributed by atoms with van der Waals surface area (Å²) in [6, 6.07) is 7.27. The first kappa shape index (κ1) is 20.7. The highest BCUT2D eigenvalue weighted by atomic mass is 35.5. The first-order valence-corrected chi connectivity index (χ1v) is 8.86. The van der Waals surface area contributed by atoms with E-state index in [1.165, 1.54) is 19.2 Å². The number of hydrogen-bond acceptors (Lipinski definition) is 4. The van der Waals surface area contributed by atoms with Crippen LogP contribution in [0, 0.1) is 0 Å². The SMILES string of the molecule is CC(NC(=O)c1cccc(Cl)c1Cl)C(=O)NCCC(=O)Nc1cccnc1. The van der Waals surface area contributed by atoms with E-state index in [0.29, 0.717) is 5.69 Å². The number of anilines is 1. The first-order valence-electron chi connectivity index (χ1n) is 8.11. The summed E-state index contributed by atoms with van der Waals surface area (Å²) in [7, 11) is 0. The summed E-state index contributed by atoms with van der Waals surface area (Å²) in [6.07, 6.45) is 3.21. The van der Waals surface area contributed by atoms with E-state index in [0.717, 1.165) is 0 Å². The highest BCUT2D eigenvalue weighted by Gasteiger charge is 2.19. The fourth-order valence-electron chi connectivity index (χ4n) is 2.13. The van der Waals surface area contributed by atoms with Crippen molar-refractivity contribution in [2.45, 2.75) is 19.4 Å². The summed E-state index contributed by atoms with van der Waals surface area (Å²) >= 11 is 11.9. The Balaban J connectivity index is 1.77. The highest BCUT2D eigenvalue weighted by molar-refractivity contribution is 6.43. The zero-order valence-corrected chi connectivity index (χ0v) is 16.0. The Bertz CT molecular complexity index is 831. The van der Waals surface area contributed by atoms with Gasteiger partial charge in [-0.3, -0.25) is 19.4 Å². The molecule has 2 aromatic rings. The van der Waals surface area contributed by atoms with Gasteiger partial charge in [0, 0.05) is 19.2 Å². The van der Waals surface area contributed by atoms with Gasteiger partial charge in [-0.1, -0.05) is 29.3 Å². The molecule has 1 atom stereocenters. The number of pyridine rings is 1. The van der Waals surface area contributed by atoms with Crippen molar-refractivity contribution in [3.8, 4) is 0 Å². The van der Waals surface area contributed by atoms with Crippen molar-refractivity contribution < 1.29 is 14.4 Å². The predicted molar refractivity (Wildman–Crippen MR) is 104 cm³/mol. The third kappa shape index (κ3) is 6.23. The van der Waals surface area contributed by atoms with Crippen LogP contribution in [0.1, 0.15) is 23.7 Å². The largest absolute Gasteiger partial charge is 0.354 e.